The molecule has 5 heteroatoms. The van der Waals surface area contributed by atoms with Gasteiger partial charge in [-0.2, -0.15) is 0 Å². The monoisotopic (exact) mass is 359 g/mol. The van der Waals surface area contributed by atoms with Crippen molar-refractivity contribution in [2.45, 2.75) is 45.1 Å². The number of aryl methyl sites for hydroxylation is 1. The summed E-state index contributed by atoms with van der Waals surface area (Å²) in [5, 5.41) is 10.4. The molecular formula is C21H29NO4. The highest BCUT2D eigenvalue weighted by Crippen LogP contribution is 2.16. The summed E-state index contributed by atoms with van der Waals surface area (Å²) in [4.78, 5) is 2.27. The number of furan rings is 1. The molecule has 26 heavy (non-hydrogen) atoms. The zero-order valence-corrected chi connectivity index (χ0v) is 15.5. The summed E-state index contributed by atoms with van der Waals surface area (Å²) in [6.07, 6.45) is 3.56. The van der Waals surface area contributed by atoms with Crippen LogP contribution in [0.5, 0.6) is 0 Å². The minimum absolute atomic E-state index is 0.260. The second-order valence-electron chi connectivity index (χ2n) is 7.07. The molecule has 1 aliphatic heterocycles. The van der Waals surface area contributed by atoms with Gasteiger partial charge in [0.15, 0.2) is 0 Å². The van der Waals surface area contributed by atoms with Gasteiger partial charge in [-0.1, -0.05) is 29.8 Å². The minimum Gasteiger partial charge on any atom is -0.467 e. The maximum Gasteiger partial charge on any atom is 0.129 e. The zero-order valence-electron chi connectivity index (χ0n) is 15.5. The molecule has 2 heterocycles. The maximum atomic E-state index is 10.4. The lowest BCUT2D eigenvalue weighted by molar-refractivity contribution is -0.00635. The van der Waals surface area contributed by atoms with E-state index in [0.29, 0.717) is 13.2 Å². The quantitative estimate of drug-likeness (QED) is 0.706. The zero-order chi connectivity index (χ0) is 18.2. The fraction of sp³-hybridized carbons (Fsp3) is 0.524. The van der Waals surface area contributed by atoms with Gasteiger partial charge in [-0.15, -0.1) is 0 Å². The van der Waals surface area contributed by atoms with Crippen LogP contribution in [0.2, 0.25) is 0 Å². The van der Waals surface area contributed by atoms with Crippen molar-refractivity contribution in [1.29, 1.82) is 0 Å². The average Bonchev–Trinajstić information content (AvgIpc) is 3.28. The molecule has 2 atom stereocenters. The lowest BCUT2D eigenvalue weighted by Crippen LogP contribution is -2.39. The third-order valence-corrected chi connectivity index (χ3v) is 4.58. The Morgan fingerprint density at radius 1 is 1.31 bits per heavy atom. The van der Waals surface area contributed by atoms with Gasteiger partial charge in [-0.3, -0.25) is 4.90 Å². The van der Waals surface area contributed by atoms with Crippen LogP contribution in [0.4, 0.5) is 0 Å². The first-order valence-electron chi connectivity index (χ1n) is 9.37. The molecule has 0 spiro atoms. The summed E-state index contributed by atoms with van der Waals surface area (Å²) < 4.78 is 16.6. The van der Waals surface area contributed by atoms with Crippen molar-refractivity contribution < 1.29 is 19.0 Å². The first-order valence-corrected chi connectivity index (χ1v) is 9.37. The Morgan fingerprint density at radius 3 is 2.96 bits per heavy atom. The number of benzene rings is 1. The van der Waals surface area contributed by atoms with Crippen molar-refractivity contribution >= 4 is 0 Å². The molecule has 0 bridgehead atoms. The number of nitrogens with zero attached hydrogens (tertiary/aromatic N) is 1. The van der Waals surface area contributed by atoms with Crippen LogP contribution in [-0.2, 0) is 22.6 Å². The van der Waals surface area contributed by atoms with E-state index in [1.807, 2.05) is 12.1 Å². The van der Waals surface area contributed by atoms with Crippen LogP contribution in [0.15, 0.2) is 47.1 Å². The van der Waals surface area contributed by atoms with Crippen molar-refractivity contribution in [2.24, 2.45) is 0 Å². The van der Waals surface area contributed by atoms with Crippen molar-refractivity contribution in [3.8, 4) is 0 Å². The summed E-state index contributed by atoms with van der Waals surface area (Å²) >= 11 is 0. The molecule has 1 fully saturated rings. The Morgan fingerprint density at radius 2 is 2.23 bits per heavy atom. The van der Waals surface area contributed by atoms with E-state index in [2.05, 4.69) is 36.1 Å². The molecule has 0 saturated carbocycles. The normalized spacial score (nSPS) is 18.5. The molecule has 2 unspecified atom stereocenters. The van der Waals surface area contributed by atoms with Gasteiger partial charge in [0.25, 0.3) is 0 Å². The number of hydrogen-bond donors (Lipinski definition) is 1. The van der Waals surface area contributed by atoms with E-state index in [-0.39, 0.29) is 12.7 Å². The molecule has 0 amide bonds. The third-order valence-electron chi connectivity index (χ3n) is 4.58. The molecule has 3 rings (SSSR count). The molecule has 142 valence electrons. The van der Waals surface area contributed by atoms with Crippen molar-refractivity contribution in [3.05, 3.63) is 59.5 Å². The van der Waals surface area contributed by atoms with Crippen molar-refractivity contribution in [3.63, 3.8) is 0 Å². The maximum absolute atomic E-state index is 10.4. The van der Waals surface area contributed by atoms with Crippen LogP contribution in [-0.4, -0.2) is 48.5 Å². The van der Waals surface area contributed by atoms with Crippen LogP contribution < -0.4 is 0 Å². The van der Waals surface area contributed by atoms with Gasteiger partial charge in [0.1, 0.15) is 12.4 Å². The fourth-order valence-electron chi connectivity index (χ4n) is 3.39. The van der Waals surface area contributed by atoms with Gasteiger partial charge in [-0.25, -0.2) is 0 Å². The van der Waals surface area contributed by atoms with E-state index in [1.165, 1.54) is 11.1 Å². The van der Waals surface area contributed by atoms with E-state index in [0.717, 1.165) is 38.3 Å². The van der Waals surface area contributed by atoms with Crippen LogP contribution in [0.25, 0.3) is 0 Å². The molecule has 1 aromatic carbocycles. The predicted molar refractivity (Wildman–Crippen MR) is 99.8 cm³/mol. The van der Waals surface area contributed by atoms with Gasteiger partial charge in [-0.05, 0) is 37.5 Å². The Balaban J connectivity index is 1.51. The number of aliphatic hydroxyl groups excluding tert-OH is 1. The Labute approximate surface area is 155 Å². The van der Waals surface area contributed by atoms with E-state index in [4.69, 9.17) is 13.9 Å². The fourth-order valence-corrected chi connectivity index (χ4v) is 3.39. The van der Waals surface area contributed by atoms with Crippen molar-refractivity contribution in [1.82, 2.24) is 4.90 Å². The molecule has 1 N–H and O–H groups in total. The highest BCUT2D eigenvalue weighted by molar-refractivity contribution is 5.22. The lowest BCUT2D eigenvalue weighted by atomic mass is 10.1. The Bertz CT molecular complexity index is 637. The van der Waals surface area contributed by atoms with Gasteiger partial charge in [0.05, 0.1) is 25.1 Å². The Kier molecular flexibility index (Phi) is 7.26. The second-order valence-corrected chi connectivity index (χ2v) is 7.07. The molecule has 0 radical (unpaired) electrons. The van der Waals surface area contributed by atoms with Crippen LogP contribution in [0, 0.1) is 6.92 Å². The highest BCUT2D eigenvalue weighted by atomic mass is 16.5. The summed E-state index contributed by atoms with van der Waals surface area (Å²) in [7, 11) is 0. The van der Waals surface area contributed by atoms with E-state index in [1.54, 1.807) is 6.26 Å². The van der Waals surface area contributed by atoms with Crippen LogP contribution in [0.1, 0.15) is 29.7 Å². The van der Waals surface area contributed by atoms with Crippen molar-refractivity contribution in [2.75, 3.05) is 26.3 Å². The molecule has 1 saturated heterocycles. The largest absolute Gasteiger partial charge is 0.467 e. The molecule has 5 nitrogen and oxygen atoms in total. The topological polar surface area (TPSA) is 55.1 Å². The highest BCUT2D eigenvalue weighted by Gasteiger charge is 2.21. The second kappa shape index (κ2) is 9.88. The smallest absolute Gasteiger partial charge is 0.129 e. The van der Waals surface area contributed by atoms with Gasteiger partial charge in [0, 0.05) is 26.2 Å². The van der Waals surface area contributed by atoms with Crippen LogP contribution >= 0.6 is 0 Å². The number of ether oxygens (including phenoxy) is 2. The summed E-state index contributed by atoms with van der Waals surface area (Å²) in [6, 6.07) is 12.2. The van der Waals surface area contributed by atoms with E-state index >= 15 is 0 Å². The predicted octanol–water partition coefficient (Wildman–Crippen LogP) is 3.15. The SMILES string of the molecule is Cc1cccc(CN(CC(O)COCc2ccco2)CC2CCCO2)c1. The molecular weight excluding hydrogens is 330 g/mol. The minimum atomic E-state index is -0.545. The average molecular weight is 359 g/mol. The first-order chi connectivity index (χ1) is 12.7. The van der Waals surface area contributed by atoms with E-state index in [9.17, 15) is 5.11 Å². The first kappa shape index (κ1) is 19.1. The Hall–Kier alpha value is -1.66. The van der Waals surface area contributed by atoms with E-state index < -0.39 is 6.10 Å². The summed E-state index contributed by atoms with van der Waals surface area (Å²) in [6.45, 7) is 5.82. The molecule has 0 aliphatic carbocycles. The summed E-state index contributed by atoms with van der Waals surface area (Å²) in [5.74, 6) is 0.771. The molecule has 2 aromatic rings. The van der Waals surface area contributed by atoms with Gasteiger partial charge in [0.2, 0.25) is 0 Å². The van der Waals surface area contributed by atoms with Gasteiger partial charge < -0.3 is 19.0 Å². The number of rotatable bonds is 10. The standard InChI is InChI=1S/C21H29NO4/c1-17-5-2-6-18(11-17)12-22(14-20-7-3-9-25-20)13-19(23)15-24-16-21-8-4-10-26-21/h2,4-6,8,10-11,19-20,23H,3,7,9,12-16H2,1H3. The molecule has 1 aliphatic rings. The molecule has 1 aromatic heterocycles. The lowest BCUT2D eigenvalue weighted by Gasteiger charge is -2.27. The van der Waals surface area contributed by atoms with Crippen LogP contribution in [0.3, 0.4) is 0 Å². The summed E-state index contributed by atoms with van der Waals surface area (Å²) in [5.41, 5.74) is 2.51. The van der Waals surface area contributed by atoms with Gasteiger partial charge >= 0.3 is 0 Å². The number of aliphatic hydroxyl groups is 1. The number of hydrogen-bond acceptors (Lipinski definition) is 5. The third kappa shape index (κ3) is 6.25.